The molecule has 2 heteroatoms. The van der Waals surface area contributed by atoms with Gasteiger partial charge < -0.3 is 0 Å². The van der Waals surface area contributed by atoms with E-state index in [2.05, 4.69) is 15.9 Å². The first-order valence-electron chi connectivity index (χ1n) is 3.09. The minimum atomic E-state index is 0.266. The zero-order chi connectivity index (χ0) is 7.14. The van der Waals surface area contributed by atoms with Crippen molar-refractivity contribution >= 4 is 21.7 Å². The van der Waals surface area contributed by atoms with Gasteiger partial charge in [-0.3, -0.25) is 4.79 Å². The molecule has 0 radical (unpaired) electrons. The van der Waals surface area contributed by atoms with E-state index in [0.29, 0.717) is 6.42 Å². The lowest BCUT2D eigenvalue weighted by atomic mass is 9.87. The summed E-state index contributed by atoms with van der Waals surface area (Å²) in [5, 5.41) is 0. The summed E-state index contributed by atoms with van der Waals surface area (Å²) in [4.78, 5) is 10.8. The molecule has 0 aromatic heterocycles. The molecule has 1 aromatic carbocycles. The van der Waals surface area contributed by atoms with Gasteiger partial charge in [0.1, 0.15) is 0 Å². The van der Waals surface area contributed by atoms with Gasteiger partial charge in [-0.15, -0.1) is 0 Å². The second-order valence-electron chi connectivity index (χ2n) is 2.40. The monoisotopic (exact) mass is 196 g/mol. The van der Waals surface area contributed by atoms with Crippen molar-refractivity contribution in [2.75, 3.05) is 0 Å². The van der Waals surface area contributed by atoms with E-state index >= 15 is 0 Å². The second kappa shape index (κ2) is 1.92. The first-order valence-corrected chi connectivity index (χ1v) is 3.88. The predicted octanol–water partition coefficient (Wildman–Crippen LogP) is 2.19. The van der Waals surface area contributed by atoms with Crippen LogP contribution in [-0.2, 0) is 6.42 Å². The van der Waals surface area contributed by atoms with Crippen LogP contribution < -0.4 is 0 Å². The SMILES string of the molecule is O=C1Cc2cc(Br)ccc21. The van der Waals surface area contributed by atoms with Gasteiger partial charge in [-0.05, 0) is 23.8 Å². The highest BCUT2D eigenvalue weighted by Gasteiger charge is 2.22. The van der Waals surface area contributed by atoms with Crippen molar-refractivity contribution in [2.45, 2.75) is 6.42 Å². The zero-order valence-corrected chi connectivity index (χ0v) is 6.81. The molecule has 10 heavy (non-hydrogen) atoms. The van der Waals surface area contributed by atoms with Crippen LogP contribution in [0.1, 0.15) is 15.9 Å². The fourth-order valence-electron chi connectivity index (χ4n) is 1.14. The van der Waals surface area contributed by atoms with Crippen molar-refractivity contribution < 1.29 is 4.79 Å². The summed E-state index contributed by atoms with van der Waals surface area (Å²) in [6, 6.07) is 5.76. The Morgan fingerprint density at radius 3 is 2.80 bits per heavy atom. The highest BCUT2D eigenvalue weighted by Crippen LogP contribution is 2.25. The molecule has 0 heterocycles. The van der Waals surface area contributed by atoms with E-state index in [1.807, 2.05) is 18.2 Å². The van der Waals surface area contributed by atoms with E-state index in [1.165, 1.54) is 5.56 Å². The van der Waals surface area contributed by atoms with E-state index in [9.17, 15) is 4.79 Å². The van der Waals surface area contributed by atoms with E-state index < -0.39 is 0 Å². The van der Waals surface area contributed by atoms with Crippen LogP contribution in [0, 0.1) is 0 Å². The number of hydrogen-bond acceptors (Lipinski definition) is 1. The molecule has 1 nitrogen and oxygen atoms in total. The van der Waals surface area contributed by atoms with Crippen molar-refractivity contribution in [1.82, 2.24) is 0 Å². The number of ketones is 1. The van der Waals surface area contributed by atoms with Crippen LogP contribution in [0.3, 0.4) is 0 Å². The highest BCUT2D eigenvalue weighted by molar-refractivity contribution is 9.10. The van der Waals surface area contributed by atoms with Gasteiger partial charge in [0.25, 0.3) is 0 Å². The third-order valence-corrected chi connectivity index (χ3v) is 2.21. The Morgan fingerprint density at radius 2 is 2.20 bits per heavy atom. The number of halogens is 1. The molecule has 0 spiro atoms. The van der Waals surface area contributed by atoms with Crippen LogP contribution in [-0.4, -0.2) is 5.78 Å². The summed E-state index contributed by atoms with van der Waals surface area (Å²) in [6.45, 7) is 0. The summed E-state index contributed by atoms with van der Waals surface area (Å²) in [6.07, 6.45) is 0.620. The molecule has 0 atom stereocenters. The van der Waals surface area contributed by atoms with Gasteiger partial charge in [0, 0.05) is 16.5 Å². The van der Waals surface area contributed by atoms with Gasteiger partial charge in [-0.25, -0.2) is 0 Å². The van der Waals surface area contributed by atoms with Crippen molar-refractivity contribution in [3.05, 3.63) is 33.8 Å². The summed E-state index contributed by atoms with van der Waals surface area (Å²) in [5.74, 6) is 0.266. The van der Waals surface area contributed by atoms with Gasteiger partial charge in [0.05, 0.1) is 0 Å². The summed E-state index contributed by atoms with van der Waals surface area (Å²) < 4.78 is 1.05. The summed E-state index contributed by atoms with van der Waals surface area (Å²) in [5.41, 5.74) is 2.06. The number of benzene rings is 1. The molecule has 0 bridgehead atoms. The lowest BCUT2D eigenvalue weighted by Gasteiger charge is -2.16. The van der Waals surface area contributed by atoms with Gasteiger partial charge in [0.15, 0.2) is 5.78 Å². The lowest BCUT2D eigenvalue weighted by molar-refractivity contribution is 0.0968. The Morgan fingerprint density at radius 1 is 1.40 bits per heavy atom. The maximum absolute atomic E-state index is 10.8. The highest BCUT2D eigenvalue weighted by atomic mass is 79.9. The van der Waals surface area contributed by atoms with Crippen LogP contribution in [0.15, 0.2) is 22.7 Å². The normalized spacial score (nSPS) is 14.3. The van der Waals surface area contributed by atoms with Crippen LogP contribution in [0.4, 0.5) is 0 Å². The molecule has 0 N–H and O–H groups in total. The van der Waals surface area contributed by atoms with Crippen LogP contribution in [0.25, 0.3) is 0 Å². The van der Waals surface area contributed by atoms with Crippen molar-refractivity contribution in [3.8, 4) is 0 Å². The van der Waals surface area contributed by atoms with Crippen LogP contribution >= 0.6 is 15.9 Å². The standard InChI is InChI=1S/C8H5BrO/c9-6-1-2-7-5(3-6)4-8(7)10/h1-3H,4H2. The second-order valence-corrected chi connectivity index (χ2v) is 3.32. The molecule has 0 amide bonds. The molecular formula is C8H5BrO. The number of rotatable bonds is 0. The molecule has 1 aliphatic rings. The number of Topliss-reactive ketones (excluding diaryl/α,β-unsaturated/α-hetero) is 1. The Hall–Kier alpha value is -0.630. The fraction of sp³-hybridized carbons (Fsp3) is 0.125. The largest absolute Gasteiger partial charge is 0.294 e. The topological polar surface area (TPSA) is 17.1 Å². The molecule has 0 aliphatic heterocycles. The minimum Gasteiger partial charge on any atom is -0.294 e. The van der Waals surface area contributed by atoms with E-state index in [4.69, 9.17) is 0 Å². The quantitative estimate of drug-likeness (QED) is 0.622. The van der Waals surface area contributed by atoms with Gasteiger partial charge in [-0.2, -0.15) is 0 Å². The first kappa shape index (κ1) is 6.10. The molecule has 0 saturated carbocycles. The molecular weight excluding hydrogens is 192 g/mol. The molecule has 50 valence electrons. The lowest BCUT2D eigenvalue weighted by Crippen LogP contribution is -2.17. The molecule has 1 aromatic rings. The molecule has 0 unspecified atom stereocenters. The summed E-state index contributed by atoms with van der Waals surface area (Å²) in [7, 11) is 0. The average Bonchev–Trinajstić information content (AvgIpc) is 1.86. The van der Waals surface area contributed by atoms with Gasteiger partial charge >= 0.3 is 0 Å². The van der Waals surface area contributed by atoms with Crippen LogP contribution in [0.5, 0.6) is 0 Å². The van der Waals surface area contributed by atoms with Crippen LogP contribution in [0.2, 0.25) is 0 Å². The van der Waals surface area contributed by atoms with E-state index in [0.717, 1.165) is 10.0 Å². The van der Waals surface area contributed by atoms with Crippen molar-refractivity contribution in [3.63, 3.8) is 0 Å². The Kier molecular flexibility index (Phi) is 1.17. The molecule has 0 saturated heterocycles. The number of fused-ring (bicyclic) bond motifs is 1. The summed E-state index contributed by atoms with van der Waals surface area (Å²) >= 11 is 3.34. The van der Waals surface area contributed by atoms with Crippen molar-refractivity contribution in [2.24, 2.45) is 0 Å². The molecule has 1 aliphatic carbocycles. The number of carbonyl (C=O) groups is 1. The Balaban J connectivity index is 2.59. The zero-order valence-electron chi connectivity index (χ0n) is 5.23. The van der Waals surface area contributed by atoms with Crippen molar-refractivity contribution in [1.29, 1.82) is 0 Å². The smallest absolute Gasteiger partial charge is 0.167 e. The van der Waals surface area contributed by atoms with Gasteiger partial charge in [-0.1, -0.05) is 15.9 Å². The minimum absolute atomic E-state index is 0.266. The molecule has 2 rings (SSSR count). The molecule has 0 fully saturated rings. The first-order chi connectivity index (χ1) is 4.77. The predicted molar refractivity (Wildman–Crippen MR) is 42.2 cm³/mol. The van der Waals surface area contributed by atoms with E-state index in [-0.39, 0.29) is 5.78 Å². The third-order valence-electron chi connectivity index (χ3n) is 1.72. The Bertz CT molecular complexity index is 304. The maximum Gasteiger partial charge on any atom is 0.167 e. The number of carbonyl (C=O) groups excluding carboxylic acids is 1. The number of hydrogen-bond donors (Lipinski definition) is 0. The van der Waals surface area contributed by atoms with Gasteiger partial charge in [0.2, 0.25) is 0 Å². The average molecular weight is 197 g/mol. The fourth-order valence-corrected chi connectivity index (χ4v) is 1.55. The third kappa shape index (κ3) is 0.721. The van der Waals surface area contributed by atoms with E-state index in [1.54, 1.807) is 0 Å². The Labute approximate surface area is 67.2 Å². The maximum atomic E-state index is 10.8.